The standard InChI is InChI=1S/C16H24N2O2/c1-11(12-6-5-7-13(10-12)20-2)18-16(19)14-8-3-4-9-15(14)17/h5-7,10-11,14-15H,3-4,8-9,17H2,1-2H3,(H,18,19)/t11-,14?,15?/m0/s1. The van der Waals surface area contributed by atoms with Gasteiger partial charge in [-0.1, -0.05) is 25.0 Å². The molecular formula is C16H24N2O2. The molecule has 1 saturated carbocycles. The molecule has 4 nitrogen and oxygen atoms in total. The van der Waals surface area contributed by atoms with Crippen molar-refractivity contribution in [1.82, 2.24) is 5.32 Å². The molecule has 3 N–H and O–H groups in total. The zero-order chi connectivity index (χ0) is 14.5. The molecule has 0 saturated heterocycles. The molecular weight excluding hydrogens is 252 g/mol. The molecule has 1 fully saturated rings. The maximum Gasteiger partial charge on any atom is 0.225 e. The second-order valence-electron chi connectivity index (χ2n) is 5.56. The number of nitrogens with two attached hydrogens (primary N) is 1. The van der Waals surface area contributed by atoms with Crippen LogP contribution in [0.4, 0.5) is 0 Å². The SMILES string of the molecule is COc1cccc([C@H](C)NC(=O)C2CCCCC2N)c1. The smallest absolute Gasteiger partial charge is 0.225 e. The van der Waals surface area contributed by atoms with Crippen LogP contribution in [-0.2, 0) is 4.79 Å². The van der Waals surface area contributed by atoms with Crippen molar-refractivity contribution in [3.63, 3.8) is 0 Å². The quantitative estimate of drug-likeness (QED) is 0.887. The molecule has 3 atom stereocenters. The van der Waals surface area contributed by atoms with Crippen LogP contribution in [0.2, 0.25) is 0 Å². The van der Waals surface area contributed by atoms with Gasteiger partial charge in [0, 0.05) is 6.04 Å². The summed E-state index contributed by atoms with van der Waals surface area (Å²) in [5.74, 6) is 0.835. The van der Waals surface area contributed by atoms with Gasteiger partial charge in [0.25, 0.3) is 0 Å². The number of hydrogen-bond acceptors (Lipinski definition) is 3. The fourth-order valence-electron chi connectivity index (χ4n) is 2.80. The van der Waals surface area contributed by atoms with E-state index in [4.69, 9.17) is 10.5 Å². The van der Waals surface area contributed by atoms with Gasteiger partial charge < -0.3 is 15.8 Å². The van der Waals surface area contributed by atoms with E-state index in [1.807, 2.05) is 31.2 Å². The lowest BCUT2D eigenvalue weighted by molar-refractivity contribution is -0.127. The molecule has 1 aliphatic carbocycles. The van der Waals surface area contributed by atoms with Gasteiger partial charge in [-0.05, 0) is 37.5 Å². The normalized spacial score (nSPS) is 23.9. The lowest BCUT2D eigenvalue weighted by Gasteiger charge is -2.28. The van der Waals surface area contributed by atoms with Crippen LogP contribution in [0.1, 0.15) is 44.2 Å². The van der Waals surface area contributed by atoms with Gasteiger partial charge in [0.2, 0.25) is 5.91 Å². The Labute approximate surface area is 120 Å². The topological polar surface area (TPSA) is 64.3 Å². The molecule has 1 aromatic carbocycles. The van der Waals surface area contributed by atoms with Crippen LogP contribution in [-0.4, -0.2) is 19.1 Å². The highest BCUT2D eigenvalue weighted by Gasteiger charge is 2.28. The maximum atomic E-state index is 12.3. The first-order valence-electron chi connectivity index (χ1n) is 7.31. The third-order valence-corrected chi connectivity index (χ3v) is 4.11. The molecule has 2 rings (SSSR count). The molecule has 1 aliphatic rings. The zero-order valence-electron chi connectivity index (χ0n) is 12.3. The molecule has 1 aromatic rings. The van der Waals surface area contributed by atoms with Crippen molar-refractivity contribution in [3.05, 3.63) is 29.8 Å². The molecule has 20 heavy (non-hydrogen) atoms. The molecule has 0 spiro atoms. The van der Waals surface area contributed by atoms with Gasteiger partial charge in [-0.15, -0.1) is 0 Å². The van der Waals surface area contributed by atoms with E-state index in [2.05, 4.69) is 5.32 Å². The van der Waals surface area contributed by atoms with E-state index in [1.54, 1.807) is 7.11 Å². The molecule has 0 heterocycles. The fourth-order valence-corrected chi connectivity index (χ4v) is 2.80. The number of carbonyl (C=O) groups excluding carboxylic acids is 1. The first kappa shape index (κ1) is 14.9. The van der Waals surface area contributed by atoms with Crippen molar-refractivity contribution in [1.29, 1.82) is 0 Å². The van der Waals surface area contributed by atoms with Gasteiger partial charge in [-0.2, -0.15) is 0 Å². The molecule has 0 bridgehead atoms. The van der Waals surface area contributed by atoms with Crippen molar-refractivity contribution in [2.75, 3.05) is 7.11 Å². The Hall–Kier alpha value is -1.55. The van der Waals surface area contributed by atoms with Gasteiger partial charge in [-0.25, -0.2) is 0 Å². The van der Waals surface area contributed by atoms with Gasteiger partial charge >= 0.3 is 0 Å². The van der Waals surface area contributed by atoms with Gasteiger partial charge in [0.05, 0.1) is 19.1 Å². The van der Waals surface area contributed by atoms with Crippen LogP contribution in [0.25, 0.3) is 0 Å². The monoisotopic (exact) mass is 276 g/mol. The van der Waals surface area contributed by atoms with Crippen LogP contribution in [0.3, 0.4) is 0 Å². The minimum Gasteiger partial charge on any atom is -0.497 e. The van der Waals surface area contributed by atoms with Crippen molar-refractivity contribution < 1.29 is 9.53 Å². The minimum absolute atomic E-state index is 0.00117. The number of methoxy groups -OCH3 is 1. The number of nitrogens with one attached hydrogen (secondary N) is 1. The van der Waals surface area contributed by atoms with E-state index >= 15 is 0 Å². The summed E-state index contributed by atoms with van der Waals surface area (Å²) in [6.07, 6.45) is 4.08. The number of amides is 1. The lowest BCUT2D eigenvalue weighted by atomic mass is 9.84. The predicted molar refractivity (Wildman–Crippen MR) is 79.5 cm³/mol. The maximum absolute atomic E-state index is 12.3. The van der Waals surface area contributed by atoms with E-state index < -0.39 is 0 Å². The Morgan fingerprint density at radius 3 is 2.85 bits per heavy atom. The fraction of sp³-hybridized carbons (Fsp3) is 0.562. The van der Waals surface area contributed by atoms with Crippen molar-refractivity contribution >= 4 is 5.91 Å². The number of ether oxygens (including phenoxy) is 1. The van der Waals surface area contributed by atoms with Gasteiger partial charge in [0.15, 0.2) is 0 Å². The number of rotatable bonds is 4. The predicted octanol–water partition coefficient (Wildman–Crippen LogP) is 2.39. The van der Waals surface area contributed by atoms with E-state index in [9.17, 15) is 4.79 Å². The highest BCUT2D eigenvalue weighted by Crippen LogP contribution is 2.25. The van der Waals surface area contributed by atoms with Crippen LogP contribution in [0.5, 0.6) is 5.75 Å². The summed E-state index contributed by atoms with van der Waals surface area (Å²) in [5, 5.41) is 3.07. The Bertz CT molecular complexity index is 462. The largest absolute Gasteiger partial charge is 0.497 e. The molecule has 110 valence electrons. The summed E-state index contributed by atoms with van der Waals surface area (Å²) in [5.41, 5.74) is 7.10. The molecule has 4 heteroatoms. The Balaban J connectivity index is 1.99. The van der Waals surface area contributed by atoms with Crippen molar-refractivity contribution in [2.24, 2.45) is 11.7 Å². The third-order valence-electron chi connectivity index (χ3n) is 4.11. The third kappa shape index (κ3) is 3.51. The van der Waals surface area contributed by atoms with Gasteiger partial charge in [-0.3, -0.25) is 4.79 Å². The highest BCUT2D eigenvalue weighted by atomic mass is 16.5. The Morgan fingerprint density at radius 2 is 2.15 bits per heavy atom. The van der Waals surface area contributed by atoms with E-state index in [0.29, 0.717) is 0 Å². The average molecular weight is 276 g/mol. The molecule has 0 aromatic heterocycles. The van der Waals surface area contributed by atoms with Crippen LogP contribution in [0, 0.1) is 5.92 Å². The molecule has 0 radical (unpaired) electrons. The first-order valence-corrected chi connectivity index (χ1v) is 7.31. The van der Waals surface area contributed by atoms with E-state index in [-0.39, 0.29) is 23.9 Å². The van der Waals surface area contributed by atoms with Crippen molar-refractivity contribution in [3.8, 4) is 5.75 Å². The van der Waals surface area contributed by atoms with Crippen LogP contribution in [0.15, 0.2) is 24.3 Å². The summed E-state index contributed by atoms with van der Waals surface area (Å²) >= 11 is 0. The number of benzene rings is 1. The second kappa shape index (κ2) is 6.75. The number of hydrogen-bond donors (Lipinski definition) is 2. The van der Waals surface area contributed by atoms with Crippen LogP contribution < -0.4 is 15.8 Å². The first-order chi connectivity index (χ1) is 9.61. The average Bonchev–Trinajstić information content (AvgIpc) is 2.47. The lowest BCUT2D eigenvalue weighted by Crippen LogP contribution is -2.44. The molecule has 2 unspecified atom stereocenters. The number of carbonyl (C=O) groups is 1. The van der Waals surface area contributed by atoms with Crippen molar-refractivity contribution in [2.45, 2.75) is 44.7 Å². The summed E-state index contributed by atoms with van der Waals surface area (Å²) in [7, 11) is 1.64. The molecule has 1 amide bonds. The highest BCUT2D eigenvalue weighted by molar-refractivity contribution is 5.80. The second-order valence-corrected chi connectivity index (χ2v) is 5.56. The summed E-state index contributed by atoms with van der Waals surface area (Å²) in [6, 6.07) is 7.74. The minimum atomic E-state index is -0.0446. The van der Waals surface area contributed by atoms with Gasteiger partial charge in [0.1, 0.15) is 5.75 Å². The summed E-state index contributed by atoms with van der Waals surface area (Å²) in [4.78, 5) is 12.3. The zero-order valence-corrected chi connectivity index (χ0v) is 12.3. The summed E-state index contributed by atoms with van der Waals surface area (Å²) < 4.78 is 5.21. The van der Waals surface area contributed by atoms with Crippen LogP contribution >= 0.6 is 0 Å². The molecule has 0 aliphatic heterocycles. The van der Waals surface area contributed by atoms with E-state index in [0.717, 1.165) is 37.0 Å². The van der Waals surface area contributed by atoms with E-state index in [1.165, 1.54) is 0 Å². The Kier molecular flexibility index (Phi) is 5.01. The summed E-state index contributed by atoms with van der Waals surface area (Å²) in [6.45, 7) is 1.99. The Morgan fingerprint density at radius 1 is 1.40 bits per heavy atom.